The molecule has 0 aliphatic carbocycles. The molecule has 1 aromatic carbocycles. The van der Waals surface area contributed by atoms with E-state index in [0.717, 1.165) is 49.7 Å². The molecule has 0 aromatic heterocycles. The predicted molar refractivity (Wildman–Crippen MR) is 117 cm³/mol. The molecule has 1 aliphatic heterocycles. The number of piperidine rings is 1. The van der Waals surface area contributed by atoms with Gasteiger partial charge < -0.3 is 20.6 Å². The third kappa shape index (κ3) is 6.65. The summed E-state index contributed by atoms with van der Waals surface area (Å²) < 4.78 is 0. The minimum Gasteiger partial charge on any atom is -0.396 e. The number of nitrogens with zero attached hydrogens (tertiary/aromatic N) is 3. The first kappa shape index (κ1) is 22.5. The Hall–Kier alpha value is -1.53. The van der Waals surface area contributed by atoms with Gasteiger partial charge in [-0.3, -0.25) is 4.99 Å². The van der Waals surface area contributed by atoms with Gasteiger partial charge in [0.1, 0.15) is 6.07 Å². The molecule has 3 N–H and O–H groups in total. The molecule has 1 aliphatic rings. The van der Waals surface area contributed by atoms with E-state index in [1.165, 1.54) is 0 Å². The zero-order valence-electron chi connectivity index (χ0n) is 15.6. The van der Waals surface area contributed by atoms with E-state index in [2.05, 4.69) is 26.6 Å². The Balaban J connectivity index is 0.00000338. The Morgan fingerprint density at radius 3 is 2.92 bits per heavy atom. The van der Waals surface area contributed by atoms with E-state index in [1.54, 1.807) is 0 Å². The fourth-order valence-corrected chi connectivity index (χ4v) is 2.98. The summed E-state index contributed by atoms with van der Waals surface area (Å²) >= 11 is 0. The van der Waals surface area contributed by atoms with Crippen LogP contribution in [0.4, 0.5) is 5.69 Å². The summed E-state index contributed by atoms with van der Waals surface area (Å²) in [6.07, 6.45) is 2.15. The van der Waals surface area contributed by atoms with Crippen LogP contribution in [0.5, 0.6) is 0 Å². The molecule has 1 aromatic rings. The lowest BCUT2D eigenvalue weighted by atomic mass is 10.0. The number of aliphatic hydroxyl groups is 1. The standard InChI is InChI=1S/C19H29N5O.HI/c1-3-21-19(22-12-15(2)14-25)23-17-8-6-10-24(13-17)18-9-5-4-7-16(18)11-20;/h4-5,7,9,15,17,25H,3,6,8,10,12-14H2,1-2H3,(H2,21,22,23);1H. The van der Waals surface area contributed by atoms with E-state index in [-0.39, 0.29) is 42.5 Å². The summed E-state index contributed by atoms with van der Waals surface area (Å²) in [6.45, 7) is 7.37. The second-order valence-electron chi connectivity index (χ2n) is 6.57. The van der Waals surface area contributed by atoms with Gasteiger partial charge in [0.15, 0.2) is 5.96 Å². The molecule has 2 unspecified atom stereocenters. The number of para-hydroxylation sites is 1. The summed E-state index contributed by atoms with van der Waals surface area (Å²) in [7, 11) is 0. The molecule has 1 saturated heterocycles. The average Bonchev–Trinajstić information content (AvgIpc) is 2.66. The Morgan fingerprint density at radius 2 is 2.23 bits per heavy atom. The Bertz CT molecular complexity index is 616. The first-order valence-electron chi connectivity index (χ1n) is 9.07. The van der Waals surface area contributed by atoms with Crippen LogP contribution in [-0.4, -0.2) is 49.9 Å². The molecule has 0 bridgehead atoms. The van der Waals surface area contributed by atoms with Gasteiger partial charge in [-0.1, -0.05) is 19.1 Å². The van der Waals surface area contributed by atoms with Crippen LogP contribution in [0.15, 0.2) is 29.3 Å². The van der Waals surface area contributed by atoms with Gasteiger partial charge in [-0.05, 0) is 37.8 Å². The second kappa shape index (κ2) is 12.0. The first-order chi connectivity index (χ1) is 12.2. The normalized spacial score (nSPS) is 18.5. The number of aliphatic hydroxyl groups excluding tert-OH is 1. The Kier molecular flexibility index (Phi) is 10.4. The molecule has 0 amide bonds. The molecule has 144 valence electrons. The molecule has 0 spiro atoms. The lowest BCUT2D eigenvalue weighted by molar-refractivity contribution is 0.241. The molecule has 0 saturated carbocycles. The van der Waals surface area contributed by atoms with Gasteiger partial charge in [0.25, 0.3) is 0 Å². The fraction of sp³-hybridized carbons (Fsp3) is 0.579. The highest BCUT2D eigenvalue weighted by atomic mass is 127. The monoisotopic (exact) mass is 471 g/mol. The van der Waals surface area contributed by atoms with Gasteiger partial charge in [0, 0.05) is 38.8 Å². The second-order valence-corrected chi connectivity index (χ2v) is 6.57. The minimum atomic E-state index is 0. The van der Waals surface area contributed by atoms with E-state index in [1.807, 2.05) is 38.1 Å². The maximum absolute atomic E-state index is 9.33. The predicted octanol–water partition coefficient (Wildman–Crippen LogP) is 2.33. The number of halogens is 1. The van der Waals surface area contributed by atoms with Crippen LogP contribution in [0, 0.1) is 17.2 Å². The fourth-order valence-electron chi connectivity index (χ4n) is 2.98. The van der Waals surface area contributed by atoms with Crippen LogP contribution in [-0.2, 0) is 0 Å². The van der Waals surface area contributed by atoms with E-state index in [9.17, 15) is 5.26 Å². The van der Waals surface area contributed by atoms with E-state index >= 15 is 0 Å². The maximum atomic E-state index is 9.33. The molecule has 2 atom stereocenters. The molecular formula is C19H30IN5O. The van der Waals surface area contributed by atoms with Crippen molar-refractivity contribution in [2.45, 2.75) is 32.7 Å². The summed E-state index contributed by atoms with van der Waals surface area (Å²) in [5, 5.41) is 25.3. The molecule has 2 rings (SSSR count). The maximum Gasteiger partial charge on any atom is 0.191 e. The quantitative estimate of drug-likeness (QED) is 0.337. The van der Waals surface area contributed by atoms with Crippen molar-refractivity contribution in [1.82, 2.24) is 10.6 Å². The minimum absolute atomic E-state index is 0. The zero-order chi connectivity index (χ0) is 18.1. The number of nitriles is 1. The van der Waals surface area contributed by atoms with Crippen LogP contribution in [0.25, 0.3) is 0 Å². The lowest BCUT2D eigenvalue weighted by Crippen LogP contribution is -2.51. The molecule has 0 radical (unpaired) electrons. The molecular weight excluding hydrogens is 441 g/mol. The number of nitrogens with one attached hydrogen (secondary N) is 2. The molecule has 1 heterocycles. The highest BCUT2D eigenvalue weighted by Crippen LogP contribution is 2.23. The third-order valence-corrected chi connectivity index (χ3v) is 4.34. The Morgan fingerprint density at radius 1 is 1.46 bits per heavy atom. The van der Waals surface area contributed by atoms with Gasteiger partial charge in [0.05, 0.1) is 11.3 Å². The van der Waals surface area contributed by atoms with Crippen LogP contribution in [0.1, 0.15) is 32.3 Å². The topological polar surface area (TPSA) is 83.7 Å². The van der Waals surface area contributed by atoms with Crippen molar-refractivity contribution in [3.05, 3.63) is 29.8 Å². The van der Waals surface area contributed by atoms with Gasteiger partial charge in [-0.25, -0.2) is 0 Å². The van der Waals surface area contributed by atoms with Crippen LogP contribution in [0.3, 0.4) is 0 Å². The van der Waals surface area contributed by atoms with Gasteiger partial charge in [-0.15, -0.1) is 24.0 Å². The molecule has 26 heavy (non-hydrogen) atoms. The molecule has 7 heteroatoms. The average molecular weight is 471 g/mol. The highest BCUT2D eigenvalue weighted by Gasteiger charge is 2.22. The number of anilines is 1. The van der Waals surface area contributed by atoms with Crippen molar-refractivity contribution in [2.75, 3.05) is 37.7 Å². The van der Waals surface area contributed by atoms with E-state index in [0.29, 0.717) is 6.54 Å². The summed E-state index contributed by atoms with van der Waals surface area (Å²) in [5.41, 5.74) is 1.73. The van der Waals surface area contributed by atoms with Crippen LogP contribution >= 0.6 is 24.0 Å². The van der Waals surface area contributed by atoms with E-state index < -0.39 is 0 Å². The number of benzene rings is 1. The van der Waals surface area contributed by atoms with Crippen molar-refractivity contribution in [3.63, 3.8) is 0 Å². The number of hydrogen-bond acceptors (Lipinski definition) is 4. The Labute approximate surface area is 173 Å². The summed E-state index contributed by atoms with van der Waals surface area (Å²) in [5.74, 6) is 0.948. The van der Waals surface area contributed by atoms with Crippen molar-refractivity contribution < 1.29 is 5.11 Å². The van der Waals surface area contributed by atoms with Crippen LogP contribution in [0.2, 0.25) is 0 Å². The van der Waals surface area contributed by atoms with Crippen molar-refractivity contribution in [3.8, 4) is 6.07 Å². The van der Waals surface area contributed by atoms with Gasteiger partial charge in [0.2, 0.25) is 0 Å². The van der Waals surface area contributed by atoms with Gasteiger partial charge >= 0.3 is 0 Å². The first-order valence-corrected chi connectivity index (χ1v) is 9.07. The SMILES string of the molecule is CCNC(=NCC(C)CO)NC1CCCN(c2ccccc2C#N)C1.I. The number of rotatable bonds is 6. The van der Waals surface area contributed by atoms with Crippen LogP contribution < -0.4 is 15.5 Å². The van der Waals surface area contributed by atoms with Crippen molar-refractivity contribution in [2.24, 2.45) is 10.9 Å². The molecule has 6 nitrogen and oxygen atoms in total. The third-order valence-electron chi connectivity index (χ3n) is 4.34. The highest BCUT2D eigenvalue weighted by molar-refractivity contribution is 14.0. The number of guanidine groups is 1. The number of aliphatic imine (C=N–C) groups is 1. The van der Waals surface area contributed by atoms with Crippen molar-refractivity contribution in [1.29, 1.82) is 5.26 Å². The summed E-state index contributed by atoms with van der Waals surface area (Å²) in [4.78, 5) is 6.85. The molecule has 1 fully saturated rings. The van der Waals surface area contributed by atoms with Gasteiger partial charge in [-0.2, -0.15) is 5.26 Å². The largest absolute Gasteiger partial charge is 0.396 e. The number of hydrogen-bond donors (Lipinski definition) is 3. The zero-order valence-corrected chi connectivity index (χ0v) is 17.9. The lowest BCUT2D eigenvalue weighted by Gasteiger charge is -2.35. The smallest absolute Gasteiger partial charge is 0.191 e. The van der Waals surface area contributed by atoms with E-state index in [4.69, 9.17) is 5.11 Å². The summed E-state index contributed by atoms with van der Waals surface area (Å²) in [6, 6.07) is 10.3. The van der Waals surface area contributed by atoms with Crippen molar-refractivity contribution >= 4 is 35.6 Å².